The number of para-hydroxylation sites is 1. The monoisotopic (exact) mass is 502 g/mol. The van der Waals surface area contributed by atoms with Crippen LogP contribution < -0.4 is 15.4 Å². The van der Waals surface area contributed by atoms with Gasteiger partial charge in [0.2, 0.25) is 0 Å². The van der Waals surface area contributed by atoms with Crippen LogP contribution in [-0.2, 0) is 12.8 Å². The Morgan fingerprint density at radius 3 is 2.67 bits per heavy atom. The number of ether oxygens (including phenoxy) is 1. The van der Waals surface area contributed by atoms with Crippen LogP contribution in [0.5, 0.6) is 5.75 Å². The van der Waals surface area contributed by atoms with Crippen molar-refractivity contribution in [3.63, 3.8) is 0 Å². The van der Waals surface area contributed by atoms with E-state index in [-0.39, 0.29) is 24.0 Å². The lowest BCUT2D eigenvalue weighted by molar-refractivity contribution is 0.409. The second-order valence-corrected chi connectivity index (χ2v) is 7.22. The van der Waals surface area contributed by atoms with E-state index in [2.05, 4.69) is 52.8 Å². The minimum atomic E-state index is 0. The topological polar surface area (TPSA) is 58.5 Å². The number of halogens is 1. The SMILES string of the molecule is CCNC(=NCCc1csc(C(C)C)n1)NCCc1ccccc1OC.I. The molecule has 7 heteroatoms. The summed E-state index contributed by atoms with van der Waals surface area (Å²) in [6, 6.07) is 8.12. The highest BCUT2D eigenvalue weighted by Crippen LogP contribution is 2.19. The van der Waals surface area contributed by atoms with E-state index in [4.69, 9.17) is 4.74 Å². The predicted molar refractivity (Wildman–Crippen MR) is 126 cm³/mol. The van der Waals surface area contributed by atoms with Crippen molar-refractivity contribution >= 4 is 41.3 Å². The van der Waals surface area contributed by atoms with E-state index in [1.807, 2.05) is 18.2 Å². The van der Waals surface area contributed by atoms with Gasteiger partial charge in [0, 0.05) is 37.4 Å². The summed E-state index contributed by atoms with van der Waals surface area (Å²) in [5, 5.41) is 10.0. The summed E-state index contributed by atoms with van der Waals surface area (Å²) in [7, 11) is 1.71. The van der Waals surface area contributed by atoms with E-state index in [1.54, 1.807) is 18.4 Å². The Morgan fingerprint density at radius 1 is 1.22 bits per heavy atom. The van der Waals surface area contributed by atoms with E-state index in [9.17, 15) is 0 Å². The maximum absolute atomic E-state index is 5.40. The van der Waals surface area contributed by atoms with Crippen LogP contribution in [0.3, 0.4) is 0 Å². The summed E-state index contributed by atoms with van der Waals surface area (Å²) in [6.45, 7) is 8.80. The smallest absolute Gasteiger partial charge is 0.191 e. The molecule has 1 aromatic carbocycles. The molecule has 1 heterocycles. The molecule has 0 radical (unpaired) electrons. The number of methoxy groups -OCH3 is 1. The molecule has 2 rings (SSSR count). The molecular weight excluding hydrogens is 471 g/mol. The van der Waals surface area contributed by atoms with E-state index in [0.717, 1.165) is 49.9 Å². The molecule has 0 saturated heterocycles. The zero-order valence-electron chi connectivity index (χ0n) is 16.6. The number of aliphatic imine (C=N–C) groups is 1. The number of thiazole rings is 1. The number of hydrogen-bond acceptors (Lipinski definition) is 4. The predicted octanol–water partition coefficient (Wildman–Crippen LogP) is 4.23. The van der Waals surface area contributed by atoms with Crippen molar-refractivity contribution < 1.29 is 4.74 Å². The Hall–Kier alpha value is -1.35. The van der Waals surface area contributed by atoms with Gasteiger partial charge in [-0.2, -0.15) is 0 Å². The molecule has 2 N–H and O–H groups in total. The van der Waals surface area contributed by atoms with Crippen LogP contribution in [0, 0.1) is 0 Å². The lowest BCUT2D eigenvalue weighted by Gasteiger charge is -2.12. The first-order chi connectivity index (χ1) is 12.6. The van der Waals surface area contributed by atoms with Gasteiger partial charge in [-0.15, -0.1) is 35.3 Å². The summed E-state index contributed by atoms with van der Waals surface area (Å²) in [4.78, 5) is 9.33. The van der Waals surface area contributed by atoms with Gasteiger partial charge < -0.3 is 15.4 Å². The number of aromatic nitrogens is 1. The molecule has 1 aromatic heterocycles. The molecule has 0 bridgehead atoms. The summed E-state index contributed by atoms with van der Waals surface area (Å²) < 4.78 is 5.40. The lowest BCUT2D eigenvalue weighted by Crippen LogP contribution is -2.38. The number of hydrogen-bond donors (Lipinski definition) is 2. The molecule has 0 spiro atoms. The van der Waals surface area contributed by atoms with Crippen molar-refractivity contribution in [3.8, 4) is 5.75 Å². The van der Waals surface area contributed by atoms with Crippen molar-refractivity contribution in [1.82, 2.24) is 15.6 Å². The molecule has 0 amide bonds. The normalized spacial score (nSPS) is 11.2. The Morgan fingerprint density at radius 2 is 2.00 bits per heavy atom. The summed E-state index contributed by atoms with van der Waals surface area (Å²) >= 11 is 1.74. The fraction of sp³-hybridized carbons (Fsp3) is 0.500. The molecule has 0 unspecified atom stereocenters. The molecular formula is C20H31IN4OS. The van der Waals surface area contributed by atoms with Crippen molar-refractivity contribution in [2.75, 3.05) is 26.7 Å². The first-order valence-corrected chi connectivity index (χ1v) is 10.1. The van der Waals surface area contributed by atoms with Gasteiger partial charge >= 0.3 is 0 Å². The summed E-state index contributed by atoms with van der Waals surface area (Å²) in [5.41, 5.74) is 2.33. The van der Waals surface area contributed by atoms with Gasteiger partial charge in [0.25, 0.3) is 0 Å². The minimum absolute atomic E-state index is 0. The largest absolute Gasteiger partial charge is 0.496 e. The Bertz CT molecular complexity index is 703. The van der Waals surface area contributed by atoms with Crippen molar-refractivity contribution in [2.24, 2.45) is 4.99 Å². The van der Waals surface area contributed by atoms with Gasteiger partial charge in [0.05, 0.1) is 17.8 Å². The van der Waals surface area contributed by atoms with Crippen molar-refractivity contribution in [1.29, 1.82) is 0 Å². The van der Waals surface area contributed by atoms with Crippen molar-refractivity contribution in [2.45, 2.75) is 39.5 Å². The molecule has 5 nitrogen and oxygen atoms in total. The molecule has 2 aromatic rings. The fourth-order valence-electron chi connectivity index (χ4n) is 2.55. The van der Waals surface area contributed by atoms with Gasteiger partial charge in [-0.3, -0.25) is 4.99 Å². The third-order valence-corrected chi connectivity index (χ3v) is 5.12. The first-order valence-electron chi connectivity index (χ1n) is 9.22. The molecule has 150 valence electrons. The molecule has 0 aliphatic heterocycles. The van der Waals surface area contributed by atoms with Gasteiger partial charge in [0.1, 0.15) is 5.75 Å². The molecule has 0 aliphatic rings. The standard InChI is InChI=1S/C20H30N4OS.HI/c1-5-21-20(22-12-10-16-8-6-7-9-18(16)25-4)23-13-11-17-14-26-19(24-17)15(2)3;/h6-9,14-15H,5,10-13H2,1-4H3,(H2,21,22,23);1H. The minimum Gasteiger partial charge on any atom is -0.496 e. The lowest BCUT2D eigenvalue weighted by atomic mass is 10.1. The number of nitrogens with zero attached hydrogens (tertiary/aromatic N) is 2. The summed E-state index contributed by atoms with van der Waals surface area (Å²) in [5.74, 6) is 2.27. The maximum atomic E-state index is 5.40. The average molecular weight is 502 g/mol. The zero-order valence-corrected chi connectivity index (χ0v) is 19.8. The zero-order chi connectivity index (χ0) is 18.8. The highest BCUT2D eigenvalue weighted by Gasteiger charge is 2.06. The number of benzene rings is 1. The van der Waals surface area contributed by atoms with Gasteiger partial charge in [-0.05, 0) is 25.0 Å². The second-order valence-electron chi connectivity index (χ2n) is 6.33. The Labute approximate surface area is 184 Å². The third kappa shape index (κ3) is 8.04. The Kier molecular flexibility index (Phi) is 11.3. The second kappa shape index (κ2) is 12.9. The highest BCUT2D eigenvalue weighted by molar-refractivity contribution is 14.0. The number of rotatable bonds is 9. The van der Waals surface area contributed by atoms with Crippen LogP contribution in [0.4, 0.5) is 0 Å². The summed E-state index contributed by atoms with van der Waals surface area (Å²) in [6.07, 6.45) is 1.75. The molecule has 0 saturated carbocycles. The van der Waals surface area contributed by atoms with Crippen LogP contribution >= 0.6 is 35.3 Å². The van der Waals surface area contributed by atoms with Crippen LogP contribution in [-0.4, -0.2) is 37.7 Å². The van der Waals surface area contributed by atoms with Gasteiger partial charge in [0.15, 0.2) is 5.96 Å². The average Bonchev–Trinajstić information content (AvgIpc) is 3.11. The molecule has 27 heavy (non-hydrogen) atoms. The van der Waals surface area contributed by atoms with E-state index < -0.39 is 0 Å². The van der Waals surface area contributed by atoms with Gasteiger partial charge in [-0.1, -0.05) is 32.0 Å². The van der Waals surface area contributed by atoms with Gasteiger partial charge in [-0.25, -0.2) is 4.98 Å². The van der Waals surface area contributed by atoms with Crippen LogP contribution in [0.2, 0.25) is 0 Å². The highest BCUT2D eigenvalue weighted by atomic mass is 127. The molecule has 0 fully saturated rings. The van der Waals surface area contributed by atoms with Crippen molar-refractivity contribution in [3.05, 3.63) is 45.9 Å². The van der Waals surface area contributed by atoms with Crippen LogP contribution in [0.15, 0.2) is 34.6 Å². The molecule has 0 aliphatic carbocycles. The van der Waals surface area contributed by atoms with Crippen LogP contribution in [0.25, 0.3) is 0 Å². The maximum Gasteiger partial charge on any atom is 0.191 e. The van der Waals surface area contributed by atoms with Crippen LogP contribution in [0.1, 0.15) is 43.0 Å². The number of guanidine groups is 1. The molecule has 0 atom stereocenters. The third-order valence-electron chi connectivity index (χ3n) is 3.92. The first kappa shape index (κ1) is 23.7. The quantitative estimate of drug-likeness (QED) is 0.306. The van der Waals surface area contributed by atoms with E-state index >= 15 is 0 Å². The van der Waals surface area contributed by atoms with E-state index in [0.29, 0.717) is 5.92 Å². The number of nitrogens with one attached hydrogen (secondary N) is 2. The van der Waals surface area contributed by atoms with E-state index in [1.165, 1.54) is 10.6 Å². The Balaban J connectivity index is 0.00000364. The fourth-order valence-corrected chi connectivity index (χ4v) is 3.42.